The number of nitrogens with one attached hydrogen (secondary N) is 1. The number of amides is 1. The van der Waals surface area contributed by atoms with Crippen molar-refractivity contribution in [1.82, 2.24) is 10.3 Å². The van der Waals surface area contributed by atoms with E-state index in [1.165, 1.54) is 19.3 Å². The predicted octanol–water partition coefficient (Wildman–Crippen LogP) is 3.63. The summed E-state index contributed by atoms with van der Waals surface area (Å²) >= 11 is 0. The number of hydrogen-bond acceptors (Lipinski definition) is 5. The topological polar surface area (TPSA) is 77.5 Å². The van der Waals surface area contributed by atoms with Crippen molar-refractivity contribution >= 4 is 28.5 Å². The minimum atomic E-state index is -0.586. The van der Waals surface area contributed by atoms with Crippen molar-refractivity contribution < 1.29 is 23.5 Å². The SMILES string of the molecule is COC/C=C1\COC(=O)/C=C(/c2nc3cc(F)c(C)c4c3c(c2C)[C@@H](C)CC4)NC1=O. The van der Waals surface area contributed by atoms with Crippen LogP contribution in [0.25, 0.3) is 16.6 Å². The number of methoxy groups -OCH3 is 1. The molecule has 0 saturated heterocycles. The summed E-state index contributed by atoms with van der Waals surface area (Å²) in [5.41, 5.74) is 5.12. The summed E-state index contributed by atoms with van der Waals surface area (Å²) in [7, 11) is 1.51. The van der Waals surface area contributed by atoms with Crippen molar-refractivity contribution in [1.29, 1.82) is 0 Å². The number of ether oxygens (including phenoxy) is 2. The van der Waals surface area contributed by atoms with E-state index in [0.29, 0.717) is 16.8 Å². The van der Waals surface area contributed by atoms with Gasteiger partial charge in [-0.05, 0) is 60.9 Å². The summed E-state index contributed by atoms with van der Waals surface area (Å²) in [5.74, 6) is -1.03. The summed E-state index contributed by atoms with van der Waals surface area (Å²) < 4.78 is 24.8. The number of aromatic nitrogens is 1. The Kier molecular flexibility index (Phi) is 5.62. The average molecular weight is 424 g/mol. The smallest absolute Gasteiger partial charge is 0.333 e. The summed E-state index contributed by atoms with van der Waals surface area (Å²) in [4.78, 5) is 29.8. The van der Waals surface area contributed by atoms with Crippen LogP contribution in [0.1, 0.15) is 47.2 Å². The van der Waals surface area contributed by atoms with Crippen molar-refractivity contribution in [3.8, 4) is 0 Å². The van der Waals surface area contributed by atoms with Gasteiger partial charge >= 0.3 is 5.97 Å². The van der Waals surface area contributed by atoms with Crippen LogP contribution in [0.3, 0.4) is 0 Å². The van der Waals surface area contributed by atoms with Gasteiger partial charge in [0, 0.05) is 24.6 Å². The molecule has 6 nitrogen and oxygen atoms in total. The Balaban J connectivity index is 1.91. The zero-order valence-electron chi connectivity index (χ0n) is 18.1. The Morgan fingerprint density at radius 2 is 2.10 bits per heavy atom. The number of halogens is 1. The van der Waals surface area contributed by atoms with Crippen LogP contribution in [0.2, 0.25) is 0 Å². The van der Waals surface area contributed by atoms with E-state index in [0.717, 1.165) is 34.9 Å². The minimum absolute atomic E-state index is 0.141. The minimum Gasteiger partial charge on any atom is -0.457 e. The molecule has 4 rings (SSSR count). The fraction of sp³-hybridized carbons (Fsp3) is 0.375. The second kappa shape index (κ2) is 8.23. The van der Waals surface area contributed by atoms with Crippen LogP contribution in [-0.4, -0.2) is 37.2 Å². The number of carbonyl (C=O) groups excluding carboxylic acids is 2. The third kappa shape index (κ3) is 3.74. The van der Waals surface area contributed by atoms with E-state index >= 15 is 0 Å². The molecule has 1 aromatic carbocycles. The molecule has 1 N–H and O–H groups in total. The molecule has 31 heavy (non-hydrogen) atoms. The molecule has 1 amide bonds. The number of carbonyl (C=O) groups is 2. The molecule has 2 aromatic rings. The van der Waals surface area contributed by atoms with E-state index in [2.05, 4.69) is 12.2 Å². The maximum Gasteiger partial charge on any atom is 0.333 e. The Labute approximate surface area is 180 Å². The van der Waals surface area contributed by atoms with E-state index in [1.807, 2.05) is 6.92 Å². The lowest BCUT2D eigenvalue weighted by Crippen LogP contribution is -2.30. The first-order valence-electron chi connectivity index (χ1n) is 10.3. The normalized spacial score (nSPS) is 21.9. The van der Waals surface area contributed by atoms with Crippen LogP contribution < -0.4 is 5.32 Å². The van der Waals surface area contributed by atoms with Crippen molar-refractivity contribution in [2.75, 3.05) is 20.3 Å². The molecule has 0 radical (unpaired) electrons. The van der Waals surface area contributed by atoms with Crippen LogP contribution in [0, 0.1) is 19.7 Å². The fourth-order valence-corrected chi connectivity index (χ4v) is 4.47. The van der Waals surface area contributed by atoms with E-state index < -0.39 is 11.9 Å². The largest absolute Gasteiger partial charge is 0.457 e. The lowest BCUT2D eigenvalue weighted by atomic mass is 9.79. The van der Waals surface area contributed by atoms with Crippen molar-refractivity contribution in [2.24, 2.45) is 0 Å². The fourth-order valence-electron chi connectivity index (χ4n) is 4.47. The number of nitrogens with zero attached hydrogens (tertiary/aromatic N) is 1. The van der Waals surface area contributed by atoms with Crippen LogP contribution in [0.4, 0.5) is 4.39 Å². The Morgan fingerprint density at radius 1 is 1.32 bits per heavy atom. The number of rotatable bonds is 3. The zero-order chi connectivity index (χ0) is 22.3. The summed E-state index contributed by atoms with van der Waals surface area (Å²) in [6, 6.07) is 1.44. The third-order valence-electron chi connectivity index (χ3n) is 6.14. The average Bonchev–Trinajstić information content (AvgIpc) is 2.72. The molecule has 0 fully saturated rings. The first kappa shape index (κ1) is 21.2. The van der Waals surface area contributed by atoms with Crippen LogP contribution in [-0.2, 0) is 25.5 Å². The van der Waals surface area contributed by atoms with Gasteiger partial charge < -0.3 is 14.8 Å². The van der Waals surface area contributed by atoms with Gasteiger partial charge in [-0.25, -0.2) is 14.2 Å². The molecule has 1 aliphatic carbocycles. The second-order valence-corrected chi connectivity index (χ2v) is 8.10. The molecule has 1 aliphatic heterocycles. The molecule has 0 unspecified atom stereocenters. The van der Waals surface area contributed by atoms with Gasteiger partial charge in [-0.2, -0.15) is 0 Å². The zero-order valence-corrected chi connectivity index (χ0v) is 18.1. The molecule has 7 heteroatoms. The Bertz CT molecular complexity index is 1170. The summed E-state index contributed by atoms with van der Waals surface area (Å²) in [6.45, 7) is 5.95. The van der Waals surface area contributed by atoms with Crippen LogP contribution >= 0.6 is 0 Å². The maximum atomic E-state index is 14.6. The highest BCUT2D eigenvalue weighted by atomic mass is 19.1. The number of cyclic esters (lactones) is 1. The Morgan fingerprint density at radius 3 is 2.84 bits per heavy atom. The van der Waals surface area contributed by atoms with Gasteiger partial charge in [0.1, 0.15) is 12.4 Å². The van der Waals surface area contributed by atoms with Gasteiger partial charge in [-0.3, -0.25) is 4.79 Å². The molecule has 162 valence electrons. The van der Waals surface area contributed by atoms with Crippen molar-refractivity contribution in [3.63, 3.8) is 0 Å². The number of hydrogen-bond donors (Lipinski definition) is 1. The van der Waals surface area contributed by atoms with E-state index in [4.69, 9.17) is 14.5 Å². The standard InChI is InChI=1S/C24H25FN2O4/c1-12-5-6-16-13(2)17(25)9-18-22(16)21(12)14(3)23(26-18)19-10-20(28)31-11-15(7-8-30-4)24(29)27-19/h7,9-10,12H,5-6,8,11H2,1-4H3,(H,27,29)/b15-7+,19-10-/t12-/m0/s1. The molecule has 0 saturated carbocycles. The highest BCUT2D eigenvalue weighted by Crippen LogP contribution is 2.41. The third-order valence-corrected chi connectivity index (χ3v) is 6.14. The van der Waals surface area contributed by atoms with E-state index in [9.17, 15) is 14.0 Å². The second-order valence-electron chi connectivity index (χ2n) is 8.10. The molecule has 1 aromatic heterocycles. The molecule has 1 atom stereocenters. The molecular formula is C24H25FN2O4. The quantitative estimate of drug-likeness (QED) is 0.602. The Hall–Kier alpha value is -3.06. The van der Waals surface area contributed by atoms with E-state index in [1.54, 1.807) is 13.0 Å². The molecule has 2 aliphatic rings. The first-order valence-corrected chi connectivity index (χ1v) is 10.3. The number of benzene rings is 1. The van der Waals surface area contributed by atoms with Gasteiger partial charge in [0.25, 0.3) is 5.91 Å². The van der Waals surface area contributed by atoms with Gasteiger partial charge in [-0.15, -0.1) is 0 Å². The summed E-state index contributed by atoms with van der Waals surface area (Å²) in [5, 5.41) is 3.78. The van der Waals surface area contributed by atoms with Gasteiger partial charge in [0.2, 0.25) is 0 Å². The molecular weight excluding hydrogens is 399 g/mol. The van der Waals surface area contributed by atoms with E-state index in [-0.39, 0.29) is 36.2 Å². The highest BCUT2D eigenvalue weighted by Gasteiger charge is 2.28. The van der Waals surface area contributed by atoms with Gasteiger partial charge in [-0.1, -0.05) is 6.92 Å². The summed E-state index contributed by atoms with van der Waals surface area (Å²) in [6.07, 6.45) is 4.50. The number of esters is 1. The van der Waals surface area contributed by atoms with Crippen LogP contribution in [0.5, 0.6) is 0 Å². The molecule has 0 spiro atoms. The van der Waals surface area contributed by atoms with Crippen molar-refractivity contribution in [3.05, 3.63) is 57.6 Å². The number of pyridine rings is 1. The monoisotopic (exact) mass is 424 g/mol. The van der Waals surface area contributed by atoms with Crippen molar-refractivity contribution in [2.45, 2.75) is 39.5 Å². The van der Waals surface area contributed by atoms with Crippen LogP contribution in [0.15, 0.2) is 23.8 Å². The van der Waals surface area contributed by atoms with Gasteiger partial charge in [0.15, 0.2) is 0 Å². The highest BCUT2D eigenvalue weighted by molar-refractivity contribution is 6.04. The maximum absolute atomic E-state index is 14.6. The lowest BCUT2D eigenvalue weighted by molar-refractivity contribution is -0.137. The first-order chi connectivity index (χ1) is 14.8. The number of aryl methyl sites for hydroxylation is 1. The predicted molar refractivity (Wildman–Crippen MR) is 115 cm³/mol. The molecule has 2 heterocycles. The lowest BCUT2D eigenvalue weighted by Gasteiger charge is -2.28. The molecule has 0 bridgehead atoms. The van der Waals surface area contributed by atoms with Gasteiger partial charge in [0.05, 0.1) is 29.1 Å².